The van der Waals surface area contributed by atoms with Gasteiger partial charge in [0.05, 0.1) is 23.2 Å². The standard InChI is InChI=1S/C16H18N6O2/c1-9(2)22-8-13(18-21-22)17-15(23)10(3)14-11-6-4-5-7-12(11)16(24)20-19-14/h4-10H,1-3H3,(H,17,23)(H,20,24). The van der Waals surface area contributed by atoms with Crippen LogP contribution in [0.15, 0.2) is 35.3 Å². The minimum Gasteiger partial charge on any atom is -0.307 e. The Morgan fingerprint density at radius 1 is 1.21 bits per heavy atom. The largest absolute Gasteiger partial charge is 0.307 e. The Labute approximate surface area is 137 Å². The number of aromatic nitrogens is 5. The summed E-state index contributed by atoms with van der Waals surface area (Å²) in [4.78, 5) is 24.3. The fraction of sp³-hybridized carbons (Fsp3) is 0.312. The van der Waals surface area contributed by atoms with Crippen LogP contribution < -0.4 is 10.9 Å². The van der Waals surface area contributed by atoms with Gasteiger partial charge < -0.3 is 5.32 Å². The van der Waals surface area contributed by atoms with Crippen LogP contribution in [0.3, 0.4) is 0 Å². The quantitative estimate of drug-likeness (QED) is 0.761. The highest BCUT2D eigenvalue weighted by molar-refractivity contribution is 5.97. The number of carbonyl (C=O) groups excluding carboxylic acids is 1. The number of rotatable bonds is 4. The van der Waals surface area contributed by atoms with Gasteiger partial charge in [-0.1, -0.05) is 23.4 Å². The van der Waals surface area contributed by atoms with E-state index in [2.05, 4.69) is 25.8 Å². The molecule has 0 saturated heterocycles. The van der Waals surface area contributed by atoms with E-state index in [1.54, 1.807) is 36.0 Å². The first-order valence-corrected chi connectivity index (χ1v) is 7.67. The van der Waals surface area contributed by atoms with E-state index >= 15 is 0 Å². The lowest BCUT2D eigenvalue weighted by molar-refractivity contribution is -0.117. The lowest BCUT2D eigenvalue weighted by Gasteiger charge is -2.12. The molecule has 3 aromatic rings. The molecule has 0 aliphatic carbocycles. The van der Waals surface area contributed by atoms with Gasteiger partial charge in [-0.15, -0.1) is 5.10 Å². The SMILES string of the molecule is CC(C(=O)Nc1cn(C(C)C)nn1)c1n[nH]c(=O)c2ccccc12. The van der Waals surface area contributed by atoms with Gasteiger partial charge in [-0.25, -0.2) is 9.78 Å². The molecule has 124 valence electrons. The van der Waals surface area contributed by atoms with Crippen molar-refractivity contribution in [1.29, 1.82) is 0 Å². The summed E-state index contributed by atoms with van der Waals surface area (Å²) in [7, 11) is 0. The van der Waals surface area contributed by atoms with Gasteiger partial charge in [0.15, 0.2) is 5.82 Å². The van der Waals surface area contributed by atoms with E-state index in [1.807, 2.05) is 19.9 Å². The van der Waals surface area contributed by atoms with Crippen LogP contribution in [-0.4, -0.2) is 31.1 Å². The number of amides is 1. The van der Waals surface area contributed by atoms with Crippen molar-refractivity contribution >= 4 is 22.5 Å². The van der Waals surface area contributed by atoms with E-state index in [0.717, 1.165) is 0 Å². The van der Waals surface area contributed by atoms with Crippen LogP contribution in [0.25, 0.3) is 10.8 Å². The molecule has 0 spiro atoms. The normalized spacial score (nSPS) is 12.5. The number of benzene rings is 1. The van der Waals surface area contributed by atoms with Gasteiger partial charge >= 0.3 is 0 Å². The summed E-state index contributed by atoms with van der Waals surface area (Å²) in [6.07, 6.45) is 1.67. The molecule has 0 radical (unpaired) electrons. The molecule has 2 N–H and O–H groups in total. The Morgan fingerprint density at radius 3 is 2.58 bits per heavy atom. The summed E-state index contributed by atoms with van der Waals surface area (Å²) in [6, 6.07) is 7.23. The molecule has 1 unspecified atom stereocenters. The number of hydrogen-bond acceptors (Lipinski definition) is 5. The average Bonchev–Trinajstić information content (AvgIpc) is 3.04. The van der Waals surface area contributed by atoms with Crippen LogP contribution in [-0.2, 0) is 4.79 Å². The molecule has 3 rings (SSSR count). The second-order valence-corrected chi connectivity index (χ2v) is 5.87. The molecule has 1 amide bonds. The Kier molecular flexibility index (Phi) is 4.11. The zero-order valence-corrected chi connectivity index (χ0v) is 13.6. The Hall–Kier alpha value is -3.03. The van der Waals surface area contributed by atoms with E-state index in [4.69, 9.17) is 0 Å². The van der Waals surface area contributed by atoms with E-state index < -0.39 is 5.92 Å². The average molecular weight is 326 g/mol. The molecule has 2 heterocycles. The molecular weight excluding hydrogens is 308 g/mol. The van der Waals surface area contributed by atoms with Gasteiger partial charge in [0.1, 0.15) is 0 Å². The zero-order chi connectivity index (χ0) is 17.3. The molecule has 0 aliphatic heterocycles. The fourth-order valence-electron chi connectivity index (χ4n) is 2.41. The van der Waals surface area contributed by atoms with Gasteiger partial charge in [-0.05, 0) is 26.8 Å². The van der Waals surface area contributed by atoms with Crippen molar-refractivity contribution in [2.75, 3.05) is 5.32 Å². The lowest BCUT2D eigenvalue weighted by atomic mass is 10.0. The summed E-state index contributed by atoms with van der Waals surface area (Å²) in [5, 5.41) is 18.3. The monoisotopic (exact) mass is 326 g/mol. The number of nitrogens with one attached hydrogen (secondary N) is 2. The molecule has 1 aromatic carbocycles. The summed E-state index contributed by atoms with van der Waals surface area (Å²) < 4.78 is 1.66. The summed E-state index contributed by atoms with van der Waals surface area (Å²) in [5.41, 5.74) is 0.237. The number of anilines is 1. The molecule has 0 saturated carbocycles. The van der Waals surface area contributed by atoms with Gasteiger partial charge in [0.2, 0.25) is 5.91 Å². The molecule has 24 heavy (non-hydrogen) atoms. The predicted octanol–water partition coefficient (Wildman–Crippen LogP) is 1.84. The van der Waals surface area contributed by atoms with Gasteiger partial charge in [-0.2, -0.15) is 5.10 Å². The summed E-state index contributed by atoms with van der Waals surface area (Å²) >= 11 is 0. The maximum atomic E-state index is 12.5. The van der Waals surface area contributed by atoms with E-state index in [0.29, 0.717) is 22.3 Å². The van der Waals surface area contributed by atoms with Gasteiger partial charge in [0, 0.05) is 11.4 Å². The Morgan fingerprint density at radius 2 is 1.92 bits per heavy atom. The third-order valence-electron chi connectivity index (χ3n) is 3.82. The highest BCUT2D eigenvalue weighted by Gasteiger charge is 2.21. The zero-order valence-electron chi connectivity index (χ0n) is 13.6. The van der Waals surface area contributed by atoms with Crippen molar-refractivity contribution in [1.82, 2.24) is 25.2 Å². The first-order chi connectivity index (χ1) is 11.5. The number of aromatic amines is 1. The molecule has 0 aliphatic rings. The molecule has 8 heteroatoms. The Balaban J connectivity index is 1.88. The molecule has 0 fully saturated rings. The molecule has 1 atom stereocenters. The van der Waals surface area contributed by atoms with Crippen molar-refractivity contribution in [3.8, 4) is 0 Å². The van der Waals surface area contributed by atoms with Gasteiger partial charge in [-0.3, -0.25) is 9.59 Å². The van der Waals surface area contributed by atoms with Crippen LogP contribution in [0, 0.1) is 0 Å². The molecule has 8 nitrogen and oxygen atoms in total. The first kappa shape index (κ1) is 15.9. The van der Waals surface area contributed by atoms with Crippen molar-refractivity contribution < 1.29 is 4.79 Å². The fourth-order valence-corrected chi connectivity index (χ4v) is 2.41. The van der Waals surface area contributed by atoms with E-state index in [-0.39, 0.29) is 17.5 Å². The number of fused-ring (bicyclic) bond motifs is 1. The van der Waals surface area contributed by atoms with Crippen molar-refractivity contribution in [3.63, 3.8) is 0 Å². The third-order valence-corrected chi connectivity index (χ3v) is 3.82. The second-order valence-electron chi connectivity index (χ2n) is 5.87. The smallest absolute Gasteiger partial charge is 0.272 e. The van der Waals surface area contributed by atoms with E-state index in [9.17, 15) is 9.59 Å². The number of H-pyrrole nitrogens is 1. The minimum absolute atomic E-state index is 0.158. The maximum Gasteiger partial charge on any atom is 0.272 e. The molecule has 2 aromatic heterocycles. The highest BCUT2D eigenvalue weighted by Crippen LogP contribution is 2.22. The summed E-state index contributed by atoms with van der Waals surface area (Å²) in [6.45, 7) is 5.67. The number of carbonyl (C=O) groups is 1. The first-order valence-electron chi connectivity index (χ1n) is 7.67. The second kappa shape index (κ2) is 6.23. The minimum atomic E-state index is -0.559. The number of hydrogen-bond donors (Lipinski definition) is 2. The van der Waals surface area contributed by atoms with Crippen molar-refractivity contribution in [2.45, 2.75) is 32.7 Å². The van der Waals surface area contributed by atoms with E-state index in [1.165, 1.54) is 0 Å². The van der Waals surface area contributed by atoms with Gasteiger partial charge in [0.25, 0.3) is 5.56 Å². The lowest BCUT2D eigenvalue weighted by Crippen LogP contribution is -2.22. The van der Waals surface area contributed by atoms with Crippen LogP contribution >= 0.6 is 0 Å². The predicted molar refractivity (Wildman–Crippen MR) is 89.8 cm³/mol. The van der Waals surface area contributed by atoms with Crippen molar-refractivity contribution in [2.24, 2.45) is 0 Å². The van der Waals surface area contributed by atoms with Crippen molar-refractivity contribution in [3.05, 3.63) is 46.5 Å². The highest BCUT2D eigenvalue weighted by atomic mass is 16.2. The maximum absolute atomic E-state index is 12.5. The van der Waals surface area contributed by atoms with Crippen LogP contribution in [0.4, 0.5) is 5.82 Å². The van der Waals surface area contributed by atoms with Crippen LogP contribution in [0.5, 0.6) is 0 Å². The third kappa shape index (κ3) is 2.90. The molecule has 0 bridgehead atoms. The summed E-state index contributed by atoms with van der Waals surface area (Å²) in [5.74, 6) is -0.444. The Bertz CT molecular complexity index is 943. The topological polar surface area (TPSA) is 106 Å². The molecular formula is C16H18N6O2. The van der Waals surface area contributed by atoms with Crippen LogP contribution in [0.1, 0.15) is 38.4 Å². The van der Waals surface area contributed by atoms with Crippen LogP contribution in [0.2, 0.25) is 0 Å². The number of nitrogens with zero attached hydrogens (tertiary/aromatic N) is 4.